The minimum atomic E-state index is -1.19. The SMILES string of the molecule is Cc1ccccc1NC(=O)C(c1cccc(C)c1O)N(C(=O)C(NC(=O)OC(C)(C)C)C(C)C)C(C)(C)C. The fourth-order valence-electron chi connectivity index (χ4n) is 4.16. The molecule has 2 aromatic carbocycles. The van der Waals surface area contributed by atoms with Crippen molar-refractivity contribution in [2.75, 3.05) is 5.32 Å². The Kier molecular flexibility index (Phi) is 9.59. The number of alkyl carbamates (subject to hydrolysis) is 1. The van der Waals surface area contributed by atoms with Crippen LogP contribution in [0.15, 0.2) is 42.5 Å². The summed E-state index contributed by atoms with van der Waals surface area (Å²) < 4.78 is 5.41. The molecule has 0 aliphatic carbocycles. The Bertz CT molecular complexity index is 1160. The Balaban J connectivity index is 2.65. The van der Waals surface area contributed by atoms with Gasteiger partial charge in [0.2, 0.25) is 5.91 Å². The molecule has 0 aliphatic rings. The lowest BCUT2D eigenvalue weighted by molar-refractivity contribution is -0.147. The molecule has 2 aromatic rings. The second kappa shape index (κ2) is 11.9. The first-order chi connectivity index (χ1) is 17.4. The van der Waals surface area contributed by atoms with E-state index in [4.69, 9.17) is 4.74 Å². The average Bonchev–Trinajstić information content (AvgIpc) is 2.76. The average molecular weight is 526 g/mol. The van der Waals surface area contributed by atoms with Gasteiger partial charge in [-0.05, 0) is 78.5 Å². The molecule has 0 aliphatic heterocycles. The largest absolute Gasteiger partial charge is 0.507 e. The topological polar surface area (TPSA) is 108 Å². The van der Waals surface area contributed by atoms with E-state index in [0.29, 0.717) is 16.8 Å². The van der Waals surface area contributed by atoms with E-state index in [1.165, 1.54) is 4.90 Å². The van der Waals surface area contributed by atoms with Crippen molar-refractivity contribution in [3.05, 3.63) is 59.2 Å². The highest BCUT2D eigenvalue weighted by atomic mass is 16.6. The molecule has 0 aromatic heterocycles. The summed E-state index contributed by atoms with van der Waals surface area (Å²) in [4.78, 5) is 42.4. The Morgan fingerprint density at radius 2 is 1.47 bits per heavy atom. The quantitative estimate of drug-likeness (QED) is 0.419. The van der Waals surface area contributed by atoms with Gasteiger partial charge in [-0.1, -0.05) is 50.2 Å². The number of carbonyl (C=O) groups is 3. The van der Waals surface area contributed by atoms with Gasteiger partial charge in [0.15, 0.2) is 0 Å². The van der Waals surface area contributed by atoms with Crippen LogP contribution in [0.5, 0.6) is 5.75 Å². The molecule has 2 atom stereocenters. The summed E-state index contributed by atoms with van der Waals surface area (Å²) in [5.41, 5.74) is 0.700. The van der Waals surface area contributed by atoms with E-state index in [9.17, 15) is 19.5 Å². The zero-order chi connectivity index (χ0) is 29.0. The number of aromatic hydroxyl groups is 1. The third-order valence-electron chi connectivity index (χ3n) is 6.04. The van der Waals surface area contributed by atoms with Crippen LogP contribution in [0.1, 0.15) is 78.1 Å². The number of hydrogen-bond acceptors (Lipinski definition) is 5. The number of phenolic OH excluding ortho intramolecular Hbond substituents is 1. The van der Waals surface area contributed by atoms with Crippen LogP contribution in [0.25, 0.3) is 0 Å². The van der Waals surface area contributed by atoms with Gasteiger partial charge in [0, 0.05) is 16.8 Å². The fourth-order valence-corrected chi connectivity index (χ4v) is 4.16. The number of phenols is 1. The van der Waals surface area contributed by atoms with E-state index < -0.39 is 41.1 Å². The smallest absolute Gasteiger partial charge is 0.408 e. The molecule has 8 heteroatoms. The molecule has 0 spiro atoms. The van der Waals surface area contributed by atoms with Crippen molar-refractivity contribution in [2.24, 2.45) is 5.92 Å². The lowest BCUT2D eigenvalue weighted by Gasteiger charge is -2.43. The van der Waals surface area contributed by atoms with Gasteiger partial charge >= 0.3 is 6.09 Å². The predicted molar refractivity (Wildman–Crippen MR) is 150 cm³/mol. The number of aryl methyl sites for hydroxylation is 2. The Hall–Kier alpha value is -3.55. The van der Waals surface area contributed by atoms with Crippen molar-refractivity contribution in [1.82, 2.24) is 10.2 Å². The number of ether oxygens (including phenoxy) is 1. The number of anilines is 1. The van der Waals surface area contributed by atoms with Crippen molar-refractivity contribution in [1.29, 1.82) is 0 Å². The predicted octanol–water partition coefficient (Wildman–Crippen LogP) is 5.87. The molecule has 0 radical (unpaired) electrons. The van der Waals surface area contributed by atoms with Crippen LogP contribution in [0.3, 0.4) is 0 Å². The first kappa shape index (κ1) is 30.7. The van der Waals surface area contributed by atoms with Gasteiger partial charge in [-0.15, -0.1) is 0 Å². The molecule has 3 amide bonds. The summed E-state index contributed by atoms with van der Waals surface area (Å²) in [6.07, 6.45) is -0.724. The Morgan fingerprint density at radius 1 is 0.895 bits per heavy atom. The lowest BCUT2D eigenvalue weighted by Crippen LogP contribution is -2.59. The molecule has 2 rings (SSSR count). The Morgan fingerprint density at radius 3 is 2.00 bits per heavy atom. The third kappa shape index (κ3) is 7.73. The molecule has 8 nitrogen and oxygen atoms in total. The molecular weight excluding hydrogens is 482 g/mol. The van der Waals surface area contributed by atoms with Crippen LogP contribution < -0.4 is 10.6 Å². The minimum Gasteiger partial charge on any atom is -0.507 e. The number of amides is 3. The second-order valence-corrected chi connectivity index (χ2v) is 12.0. The van der Waals surface area contributed by atoms with Gasteiger partial charge in [0.25, 0.3) is 5.91 Å². The minimum absolute atomic E-state index is 0.0688. The highest BCUT2D eigenvalue weighted by molar-refractivity contribution is 6.00. The van der Waals surface area contributed by atoms with Crippen LogP contribution in [0, 0.1) is 19.8 Å². The van der Waals surface area contributed by atoms with Crippen LogP contribution >= 0.6 is 0 Å². The van der Waals surface area contributed by atoms with Gasteiger partial charge in [0.05, 0.1) is 0 Å². The van der Waals surface area contributed by atoms with Crippen LogP contribution in [-0.4, -0.2) is 45.1 Å². The third-order valence-corrected chi connectivity index (χ3v) is 6.04. The molecule has 0 bridgehead atoms. The number of para-hydroxylation sites is 2. The number of carbonyl (C=O) groups excluding carboxylic acids is 3. The maximum atomic E-state index is 14.3. The molecular formula is C30H43N3O5. The van der Waals surface area contributed by atoms with E-state index in [-0.39, 0.29) is 11.7 Å². The number of rotatable bonds is 7. The second-order valence-electron chi connectivity index (χ2n) is 12.0. The fraction of sp³-hybridized carbons (Fsp3) is 0.500. The molecule has 2 unspecified atom stereocenters. The van der Waals surface area contributed by atoms with E-state index in [2.05, 4.69) is 10.6 Å². The van der Waals surface area contributed by atoms with Gasteiger partial charge in [0.1, 0.15) is 23.4 Å². The van der Waals surface area contributed by atoms with E-state index in [1.54, 1.807) is 52.0 Å². The van der Waals surface area contributed by atoms with Crippen molar-refractivity contribution in [3.63, 3.8) is 0 Å². The van der Waals surface area contributed by atoms with Crippen molar-refractivity contribution < 1.29 is 24.2 Å². The molecule has 0 heterocycles. The molecule has 0 saturated carbocycles. The van der Waals surface area contributed by atoms with Crippen LogP contribution in [-0.2, 0) is 14.3 Å². The number of nitrogens with one attached hydrogen (secondary N) is 2. The standard InChI is InChI=1S/C30H43N3O5/c1-18(2)23(32-28(37)38-30(8,9)10)27(36)33(29(5,6)7)24(21-16-13-15-20(4)25(21)34)26(35)31-22-17-12-11-14-19(22)3/h11-18,23-24,34H,1-10H3,(H,31,35)(H,32,37). The summed E-state index contributed by atoms with van der Waals surface area (Å²) in [5.74, 6) is -1.33. The summed E-state index contributed by atoms with van der Waals surface area (Å²) in [6.45, 7) is 17.9. The van der Waals surface area contributed by atoms with Gasteiger partial charge in [-0.3, -0.25) is 9.59 Å². The molecule has 3 N–H and O–H groups in total. The van der Waals surface area contributed by atoms with Crippen LogP contribution in [0.2, 0.25) is 0 Å². The van der Waals surface area contributed by atoms with Crippen LogP contribution in [0.4, 0.5) is 10.5 Å². The molecule has 0 saturated heterocycles. The van der Waals surface area contributed by atoms with E-state index in [1.807, 2.05) is 59.7 Å². The normalized spacial score (nSPS) is 13.4. The summed E-state index contributed by atoms with van der Waals surface area (Å²) in [6, 6.07) is 10.3. The number of benzene rings is 2. The zero-order valence-electron chi connectivity index (χ0n) is 24.3. The first-order valence-electron chi connectivity index (χ1n) is 12.9. The van der Waals surface area contributed by atoms with Gasteiger partial charge in [-0.2, -0.15) is 0 Å². The van der Waals surface area contributed by atoms with Crippen molar-refractivity contribution in [3.8, 4) is 5.75 Å². The molecule has 0 fully saturated rings. The lowest BCUT2D eigenvalue weighted by atomic mass is 9.92. The highest BCUT2D eigenvalue weighted by Crippen LogP contribution is 2.37. The molecule has 208 valence electrons. The Labute approximate surface area is 226 Å². The molecule has 38 heavy (non-hydrogen) atoms. The maximum absolute atomic E-state index is 14.3. The first-order valence-corrected chi connectivity index (χ1v) is 12.9. The van der Waals surface area contributed by atoms with Gasteiger partial charge < -0.3 is 25.4 Å². The summed E-state index contributed by atoms with van der Waals surface area (Å²) in [5, 5.41) is 16.7. The highest BCUT2D eigenvalue weighted by Gasteiger charge is 2.43. The zero-order valence-corrected chi connectivity index (χ0v) is 24.3. The number of nitrogens with zero attached hydrogens (tertiary/aromatic N) is 1. The summed E-state index contributed by atoms with van der Waals surface area (Å²) in [7, 11) is 0. The van der Waals surface area contributed by atoms with Crippen molar-refractivity contribution >= 4 is 23.6 Å². The number of hydrogen-bond donors (Lipinski definition) is 3. The maximum Gasteiger partial charge on any atom is 0.408 e. The monoisotopic (exact) mass is 525 g/mol. The van der Waals surface area contributed by atoms with E-state index in [0.717, 1.165) is 5.56 Å². The van der Waals surface area contributed by atoms with E-state index >= 15 is 0 Å². The van der Waals surface area contributed by atoms with Crippen molar-refractivity contribution in [2.45, 2.75) is 92.5 Å². The van der Waals surface area contributed by atoms with Gasteiger partial charge in [-0.25, -0.2) is 4.79 Å². The summed E-state index contributed by atoms with van der Waals surface area (Å²) >= 11 is 0.